The Labute approximate surface area is 142 Å². The van der Waals surface area contributed by atoms with E-state index in [1.807, 2.05) is 7.05 Å². The molecule has 1 N–H and O–H groups in total. The monoisotopic (exact) mass is 347 g/mol. The van der Waals surface area contributed by atoms with Crippen LogP contribution in [0, 0.1) is 0 Å². The zero-order valence-corrected chi connectivity index (χ0v) is 13.5. The molecule has 1 aromatic heterocycles. The number of benzene rings is 2. The first-order chi connectivity index (χ1) is 12.0. The lowest BCUT2D eigenvalue weighted by atomic mass is 10.2. The third kappa shape index (κ3) is 4.16. The van der Waals surface area contributed by atoms with Crippen molar-refractivity contribution < 1.29 is 18.4 Å². The van der Waals surface area contributed by atoms with Crippen molar-refractivity contribution in [1.29, 1.82) is 0 Å². The molecule has 1 atom stereocenters. The standard InChI is InChI=1S/C17H16F2N4O2/c1-22(10-12-6-8-13(9-7-12)25-17(18)19)11-23-16(24)14-4-2-3-5-15(14)20-21-23/h2-9,17H,10-11H2,1H3/p+1. The van der Waals surface area contributed by atoms with E-state index in [1.165, 1.54) is 16.8 Å². The lowest BCUT2D eigenvalue weighted by Crippen LogP contribution is -3.07. The average molecular weight is 347 g/mol. The molecule has 0 spiro atoms. The second-order valence-corrected chi connectivity index (χ2v) is 5.73. The minimum atomic E-state index is -2.84. The summed E-state index contributed by atoms with van der Waals surface area (Å²) in [6.45, 7) is -1.90. The number of rotatable bonds is 6. The fourth-order valence-electron chi connectivity index (χ4n) is 2.58. The van der Waals surface area contributed by atoms with Crippen molar-refractivity contribution in [2.75, 3.05) is 7.05 Å². The zero-order valence-electron chi connectivity index (χ0n) is 13.5. The number of nitrogens with one attached hydrogen (secondary N) is 1. The Morgan fingerprint density at radius 1 is 1.16 bits per heavy atom. The molecule has 0 radical (unpaired) electrons. The van der Waals surface area contributed by atoms with Gasteiger partial charge in [0.25, 0.3) is 5.56 Å². The van der Waals surface area contributed by atoms with E-state index in [-0.39, 0.29) is 11.3 Å². The largest absolute Gasteiger partial charge is 0.435 e. The number of alkyl halides is 2. The molecule has 2 aromatic carbocycles. The summed E-state index contributed by atoms with van der Waals surface area (Å²) in [7, 11) is 1.91. The highest BCUT2D eigenvalue weighted by atomic mass is 19.3. The second kappa shape index (κ2) is 7.35. The minimum absolute atomic E-state index is 0.119. The third-order valence-electron chi connectivity index (χ3n) is 3.70. The van der Waals surface area contributed by atoms with E-state index >= 15 is 0 Å². The van der Waals surface area contributed by atoms with Crippen LogP contribution >= 0.6 is 0 Å². The van der Waals surface area contributed by atoms with Gasteiger partial charge in [0.1, 0.15) is 17.8 Å². The molecule has 8 heteroatoms. The second-order valence-electron chi connectivity index (χ2n) is 5.73. The van der Waals surface area contributed by atoms with E-state index in [2.05, 4.69) is 15.0 Å². The number of nitrogens with zero attached hydrogens (tertiary/aromatic N) is 3. The van der Waals surface area contributed by atoms with E-state index in [1.54, 1.807) is 36.4 Å². The third-order valence-corrected chi connectivity index (χ3v) is 3.70. The highest BCUT2D eigenvalue weighted by Gasteiger charge is 2.11. The molecule has 6 nitrogen and oxygen atoms in total. The summed E-state index contributed by atoms with van der Waals surface area (Å²) >= 11 is 0. The summed E-state index contributed by atoms with van der Waals surface area (Å²) < 4.78 is 29.9. The Kier molecular flexibility index (Phi) is 4.99. The minimum Gasteiger partial charge on any atom is -0.435 e. The first kappa shape index (κ1) is 17.0. The normalized spacial score (nSPS) is 12.5. The van der Waals surface area contributed by atoms with Gasteiger partial charge in [-0.25, -0.2) is 0 Å². The quantitative estimate of drug-likeness (QED) is 0.725. The Balaban J connectivity index is 1.69. The number of quaternary nitrogens is 1. The molecule has 25 heavy (non-hydrogen) atoms. The van der Waals surface area contributed by atoms with Crippen molar-refractivity contribution in [3.05, 3.63) is 64.4 Å². The summed E-state index contributed by atoms with van der Waals surface area (Å²) in [5, 5.41) is 8.54. The molecule has 3 aromatic rings. The molecule has 130 valence electrons. The van der Waals surface area contributed by atoms with Crippen LogP contribution in [0.25, 0.3) is 10.9 Å². The van der Waals surface area contributed by atoms with Crippen molar-refractivity contribution in [1.82, 2.24) is 15.0 Å². The average Bonchev–Trinajstić information content (AvgIpc) is 2.59. The summed E-state index contributed by atoms with van der Waals surface area (Å²) in [5.74, 6) is 0.119. The van der Waals surface area contributed by atoms with Crippen LogP contribution in [0.5, 0.6) is 5.75 Å². The molecule has 0 aliphatic rings. The van der Waals surface area contributed by atoms with Crippen molar-refractivity contribution in [2.24, 2.45) is 0 Å². The van der Waals surface area contributed by atoms with Crippen molar-refractivity contribution in [3.8, 4) is 5.75 Å². The predicted octanol–water partition coefficient (Wildman–Crippen LogP) is 1.07. The van der Waals surface area contributed by atoms with Gasteiger partial charge in [0.2, 0.25) is 0 Å². The van der Waals surface area contributed by atoms with Gasteiger partial charge in [-0.05, 0) is 36.4 Å². The van der Waals surface area contributed by atoms with Gasteiger partial charge in [-0.3, -0.25) is 4.79 Å². The van der Waals surface area contributed by atoms with Crippen LogP contribution < -0.4 is 15.2 Å². The maximum absolute atomic E-state index is 12.4. The number of fused-ring (bicyclic) bond motifs is 1. The van der Waals surface area contributed by atoms with Gasteiger partial charge in [0.05, 0.1) is 12.4 Å². The van der Waals surface area contributed by atoms with Crippen molar-refractivity contribution in [2.45, 2.75) is 19.8 Å². The highest BCUT2D eigenvalue weighted by molar-refractivity contribution is 5.76. The van der Waals surface area contributed by atoms with E-state index < -0.39 is 6.61 Å². The van der Waals surface area contributed by atoms with Crippen LogP contribution in [0.1, 0.15) is 5.56 Å². The van der Waals surface area contributed by atoms with Crippen LogP contribution in [-0.4, -0.2) is 28.7 Å². The number of aromatic nitrogens is 3. The molecule has 0 amide bonds. The van der Waals surface area contributed by atoms with Crippen molar-refractivity contribution >= 4 is 10.9 Å². The molecule has 1 heterocycles. The number of hydrogen-bond acceptors (Lipinski definition) is 4. The summed E-state index contributed by atoms with van der Waals surface area (Å²) in [6.07, 6.45) is 0. The van der Waals surface area contributed by atoms with Crippen LogP contribution in [0.15, 0.2) is 53.3 Å². The topological polar surface area (TPSA) is 61.5 Å². The Morgan fingerprint density at radius 2 is 1.88 bits per heavy atom. The molecular weight excluding hydrogens is 330 g/mol. The fraction of sp³-hybridized carbons (Fsp3) is 0.235. The van der Waals surface area contributed by atoms with E-state index in [0.29, 0.717) is 24.1 Å². The molecule has 0 fully saturated rings. The van der Waals surface area contributed by atoms with E-state index in [9.17, 15) is 13.6 Å². The molecular formula is C17H17F2N4O2+. The van der Waals surface area contributed by atoms with Gasteiger partial charge in [-0.2, -0.15) is 13.5 Å². The maximum Gasteiger partial charge on any atom is 0.387 e. The lowest BCUT2D eigenvalue weighted by Gasteiger charge is -2.15. The van der Waals surface area contributed by atoms with Crippen LogP contribution in [0.2, 0.25) is 0 Å². The molecule has 0 aliphatic carbocycles. The SMILES string of the molecule is C[NH+](Cc1ccc(OC(F)F)cc1)Cn1nnc2ccccc2c1=O. The lowest BCUT2D eigenvalue weighted by molar-refractivity contribution is -0.917. The first-order valence-electron chi connectivity index (χ1n) is 7.70. The molecule has 3 rings (SSSR count). The number of ether oxygens (including phenoxy) is 1. The van der Waals surface area contributed by atoms with Gasteiger partial charge in [0, 0.05) is 5.56 Å². The number of hydrogen-bond donors (Lipinski definition) is 1. The van der Waals surface area contributed by atoms with Crippen LogP contribution in [0.4, 0.5) is 8.78 Å². The molecule has 0 bridgehead atoms. The Hall–Kier alpha value is -2.87. The van der Waals surface area contributed by atoms with Gasteiger partial charge in [-0.1, -0.05) is 17.3 Å². The molecule has 1 unspecified atom stereocenters. The van der Waals surface area contributed by atoms with E-state index in [0.717, 1.165) is 10.5 Å². The first-order valence-corrected chi connectivity index (χ1v) is 7.70. The Bertz CT molecular complexity index is 912. The zero-order chi connectivity index (χ0) is 17.8. The predicted molar refractivity (Wildman–Crippen MR) is 87.5 cm³/mol. The summed E-state index contributed by atoms with van der Waals surface area (Å²) in [6, 6.07) is 13.5. The molecule has 0 aliphatic heterocycles. The van der Waals surface area contributed by atoms with Crippen LogP contribution in [0.3, 0.4) is 0 Å². The summed E-state index contributed by atoms with van der Waals surface area (Å²) in [5.41, 5.74) is 1.31. The van der Waals surface area contributed by atoms with Gasteiger partial charge in [-0.15, -0.1) is 5.10 Å². The summed E-state index contributed by atoms with van der Waals surface area (Å²) in [4.78, 5) is 13.4. The smallest absolute Gasteiger partial charge is 0.387 e. The molecule has 0 saturated heterocycles. The number of halogens is 2. The Morgan fingerprint density at radius 3 is 2.60 bits per heavy atom. The maximum atomic E-state index is 12.4. The van der Waals surface area contributed by atoms with Gasteiger partial charge >= 0.3 is 6.61 Å². The van der Waals surface area contributed by atoms with Gasteiger partial charge in [0.15, 0.2) is 6.67 Å². The molecule has 0 saturated carbocycles. The highest BCUT2D eigenvalue weighted by Crippen LogP contribution is 2.14. The van der Waals surface area contributed by atoms with Gasteiger partial charge < -0.3 is 9.64 Å². The van der Waals surface area contributed by atoms with Crippen LogP contribution in [-0.2, 0) is 13.2 Å². The fourth-order valence-corrected chi connectivity index (χ4v) is 2.58. The van der Waals surface area contributed by atoms with E-state index in [4.69, 9.17) is 0 Å². The van der Waals surface area contributed by atoms with Crippen molar-refractivity contribution in [3.63, 3.8) is 0 Å².